The van der Waals surface area contributed by atoms with Crippen molar-refractivity contribution in [1.29, 1.82) is 0 Å². The molecule has 1 aromatic heterocycles. The van der Waals surface area contributed by atoms with Crippen LogP contribution >= 0.6 is 0 Å². The fourth-order valence-corrected chi connectivity index (χ4v) is 2.42. The van der Waals surface area contributed by atoms with E-state index in [9.17, 15) is 14.9 Å². The second-order valence-electron chi connectivity index (χ2n) is 5.21. The lowest BCUT2D eigenvalue weighted by Gasteiger charge is -1.99. The summed E-state index contributed by atoms with van der Waals surface area (Å²) >= 11 is 0. The smallest absolute Gasteiger partial charge is 0.271 e. The van der Waals surface area contributed by atoms with Gasteiger partial charge >= 0.3 is 0 Å². The number of nitro groups is 1. The van der Waals surface area contributed by atoms with Gasteiger partial charge in [0.2, 0.25) is 0 Å². The van der Waals surface area contributed by atoms with E-state index >= 15 is 0 Å². The van der Waals surface area contributed by atoms with Crippen LogP contribution in [0.5, 0.6) is 0 Å². The highest BCUT2D eigenvalue weighted by molar-refractivity contribution is 6.01. The number of aryl methyl sites for hydroxylation is 1. The molecule has 1 amide bonds. The molecule has 0 atom stereocenters. The molecule has 0 aliphatic carbocycles. The molecule has 0 aliphatic heterocycles. The molecular formula is C17H14N4O3. The SMILES string of the molecule is Cc1[nH]c2ccccc2c1/C=N/NC(=O)c1ccc([N+](=O)[O-])cc1. The molecule has 7 nitrogen and oxygen atoms in total. The molecule has 0 saturated carbocycles. The van der Waals surface area contributed by atoms with Gasteiger partial charge in [0.1, 0.15) is 0 Å². The Labute approximate surface area is 137 Å². The lowest BCUT2D eigenvalue weighted by atomic mass is 10.1. The average molecular weight is 322 g/mol. The van der Waals surface area contributed by atoms with E-state index in [-0.39, 0.29) is 5.69 Å². The Morgan fingerprint density at radius 1 is 1.21 bits per heavy atom. The van der Waals surface area contributed by atoms with Crippen LogP contribution in [0, 0.1) is 17.0 Å². The molecule has 0 saturated heterocycles. The van der Waals surface area contributed by atoms with Gasteiger partial charge in [0, 0.05) is 39.9 Å². The second-order valence-corrected chi connectivity index (χ2v) is 5.21. The van der Waals surface area contributed by atoms with Gasteiger partial charge in [-0.25, -0.2) is 5.43 Å². The van der Waals surface area contributed by atoms with Crippen LogP contribution in [0.3, 0.4) is 0 Å². The predicted molar refractivity (Wildman–Crippen MR) is 91.2 cm³/mol. The van der Waals surface area contributed by atoms with Gasteiger partial charge in [0.25, 0.3) is 11.6 Å². The number of carbonyl (C=O) groups is 1. The van der Waals surface area contributed by atoms with Gasteiger partial charge < -0.3 is 4.98 Å². The number of hydrogen-bond acceptors (Lipinski definition) is 4. The van der Waals surface area contributed by atoms with Gasteiger partial charge in [-0.15, -0.1) is 0 Å². The van der Waals surface area contributed by atoms with E-state index in [1.807, 2.05) is 31.2 Å². The van der Waals surface area contributed by atoms with Crippen molar-refractivity contribution in [3.05, 3.63) is 75.5 Å². The van der Waals surface area contributed by atoms with E-state index in [0.717, 1.165) is 22.2 Å². The summed E-state index contributed by atoms with van der Waals surface area (Å²) in [7, 11) is 0. The van der Waals surface area contributed by atoms with Crippen LogP contribution in [0.2, 0.25) is 0 Å². The molecule has 1 heterocycles. The van der Waals surface area contributed by atoms with E-state index in [4.69, 9.17) is 0 Å². The molecule has 0 aliphatic rings. The van der Waals surface area contributed by atoms with E-state index in [1.165, 1.54) is 24.3 Å². The van der Waals surface area contributed by atoms with Crippen molar-refractivity contribution >= 4 is 28.7 Å². The normalized spacial score (nSPS) is 11.0. The van der Waals surface area contributed by atoms with Gasteiger partial charge in [-0.2, -0.15) is 5.10 Å². The molecule has 0 radical (unpaired) electrons. The summed E-state index contributed by atoms with van der Waals surface area (Å²) in [5.74, 6) is -0.432. The number of rotatable bonds is 4. The highest BCUT2D eigenvalue weighted by atomic mass is 16.6. The van der Waals surface area contributed by atoms with Crippen LogP contribution in [0.15, 0.2) is 53.6 Å². The number of amides is 1. The van der Waals surface area contributed by atoms with Crippen LogP contribution < -0.4 is 5.43 Å². The van der Waals surface area contributed by atoms with Crippen LogP contribution in [-0.4, -0.2) is 22.0 Å². The minimum absolute atomic E-state index is 0.0653. The third kappa shape index (κ3) is 3.00. The van der Waals surface area contributed by atoms with Crippen molar-refractivity contribution in [2.45, 2.75) is 6.92 Å². The average Bonchev–Trinajstić information content (AvgIpc) is 2.90. The summed E-state index contributed by atoms with van der Waals surface area (Å²) in [6, 6.07) is 13.1. The van der Waals surface area contributed by atoms with Crippen molar-refractivity contribution in [2.75, 3.05) is 0 Å². The number of fused-ring (bicyclic) bond motifs is 1. The van der Waals surface area contributed by atoms with Crippen molar-refractivity contribution in [2.24, 2.45) is 5.10 Å². The van der Waals surface area contributed by atoms with E-state index < -0.39 is 10.8 Å². The highest BCUT2D eigenvalue weighted by Crippen LogP contribution is 2.19. The first-order valence-corrected chi connectivity index (χ1v) is 7.21. The maximum absolute atomic E-state index is 12.0. The summed E-state index contributed by atoms with van der Waals surface area (Å²) in [5, 5.41) is 15.6. The number of para-hydroxylation sites is 1. The van der Waals surface area contributed by atoms with E-state index in [0.29, 0.717) is 5.56 Å². The fourth-order valence-electron chi connectivity index (χ4n) is 2.42. The van der Waals surface area contributed by atoms with Crippen LogP contribution in [0.25, 0.3) is 10.9 Å². The monoisotopic (exact) mass is 322 g/mol. The number of hydrazone groups is 1. The number of carbonyl (C=O) groups excluding carboxylic acids is 1. The Morgan fingerprint density at radius 3 is 2.62 bits per heavy atom. The zero-order chi connectivity index (χ0) is 17.1. The number of hydrogen-bond donors (Lipinski definition) is 2. The summed E-state index contributed by atoms with van der Waals surface area (Å²) in [6.45, 7) is 1.93. The van der Waals surface area contributed by atoms with Crippen molar-refractivity contribution in [1.82, 2.24) is 10.4 Å². The Bertz CT molecular complexity index is 942. The molecule has 0 spiro atoms. The highest BCUT2D eigenvalue weighted by Gasteiger charge is 2.09. The van der Waals surface area contributed by atoms with Crippen molar-refractivity contribution in [3.63, 3.8) is 0 Å². The minimum Gasteiger partial charge on any atom is -0.358 e. The number of aromatic nitrogens is 1. The third-order valence-corrected chi connectivity index (χ3v) is 3.64. The zero-order valence-electron chi connectivity index (χ0n) is 12.8. The molecule has 2 aromatic carbocycles. The summed E-state index contributed by atoms with van der Waals surface area (Å²) in [5.41, 5.74) is 5.50. The molecule has 3 aromatic rings. The number of benzene rings is 2. The quantitative estimate of drug-likeness (QED) is 0.438. The number of non-ortho nitro benzene ring substituents is 1. The summed E-state index contributed by atoms with van der Waals surface area (Å²) < 4.78 is 0. The molecule has 0 fully saturated rings. The van der Waals surface area contributed by atoms with Gasteiger partial charge in [-0.05, 0) is 25.1 Å². The second kappa shape index (κ2) is 6.33. The molecule has 3 rings (SSSR count). The molecule has 24 heavy (non-hydrogen) atoms. The zero-order valence-corrected chi connectivity index (χ0v) is 12.8. The molecular weight excluding hydrogens is 308 g/mol. The van der Waals surface area contributed by atoms with E-state index in [2.05, 4.69) is 15.5 Å². The Balaban J connectivity index is 1.74. The maximum Gasteiger partial charge on any atom is 0.271 e. The molecule has 0 bridgehead atoms. The molecule has 7 heteroatoms. The van der Waals surface area contributed by atoms with E-state index in [1.54, 1.807) is 6.21 Å². The first-order valence-electron chi connectivity index (χ1n) is 7.21. The fraction of sp³-hybridized carbons (Fsp3) is 0.0588. The number of H-pyrrole nitrogens is 1. The maximum atomic E-state index is 12.0. The number of nitrogens with one attached hydrogen (secondary N) is 2. The van der Waals surface area contributed by atoms with Gasteiger partial charge in [0.15, 0.2) is 0 Å². The van der Waals surface area contributed by atoms with Crippen LogP contribution in [-0.2, 0) is 0 Å². The van der Waals surface area contributed by atoms with Crippen molar-refractivity contribution < 1.29 is 9.72 Å². The first kappa shape index (κ1) is 15.4. The van der Waals surface area contributed by atoms with Crippen LogP contribution in [0.1, 0.15) is 21.6 Å². The summed E-state index contributed by atoms with van der Waals surface area (Å²) in [6.07, 6.45) is 1.58. The molecule has 120 valence electrons. The standard InChI is InChI=1S/C17H14N4O3/c1-11-15(14-4-2-3-5-16(14)19-11)10-18-20-17(22)12-6-8-13(9-7-12)21(23)24/h2-10,19H,1H3,(H,20,22)/b18-10+. The van der Waals surface area contributed by atoms with Gasteiger partial charge in [-0.3, -0.25) is 14.9 Å². The molecule has 2 N–H and O–H groups in total. The Kier molecular flexibility index (Phi) is 4.07. The lowest BCUT2D eigenvalue weighted by Crippen LogP contribution is -2.17. The number of aromatic amines is 1. The first-order chi connectivity index (χ1) is 11.6. The Hall–Kier alpha value is -3.48. The summed E-state index contributed by atoms with van der Waals surface area (Å²) in [4.78, 5) is 25.3. The van der Waals surface area contributed by atoms with Crippen LogP contribution in [0.4, 0.5) is 5.69 Å². The topological polar surface area (TPSA) is 100 Å². The lowest BCUT2D eigenvalue weighted by molar-refractivity contribution is -0.384. The number of nitro benzene ring substituents is 1. The minimum atomic E-state index is -0.514. The largest absolute Gasteiger partial charge is 0.358 e. The van der Waals surface area contributed by atoms with Gasteiger partial charge in [-0.1, -0.05) is 18.2 Å². The van der Waals surface area contributed by atoms with Gasteiger partial charge in [0.05, 0.1) is 11.1 Å². The molecule has 0 unspecified atom stereocenters. The Morgan fingerprint density at radius 2 is 1.92 bits per heavy atom. The van der Waals surface area contributed by atoms with Crippen molar-refractivity contribution in [3.8, 4) is 0 Å². The number of nitrogens with zero attached hydrogens (tertiary/aromatic N) is 2. The third-order valence-electron chi connectivity index (χ3n) is 3.64. The predicted octanol–water partition coefficient (Wildman–Crippen LogP) is 3.15.